The molecule has 1 unspecified atom stereocenters. The summed E-state index contributed by atoms with van der Waals surface area (Å²) in [6, 6.07) is 6.16. The summed E-state index contributed by atoms with van der Waals surface area (Å²) in [7, 11) is 0. The van der Waals surface area contributed by atoms with Crippen LogP contribution in [0, 0.1) is 3.57 Å². The number of rotatable bonds is 5. The van der Waals surface area contributed by atoms with E-state index in [1.54, 1.807) is 20.8 Å². The number of nitrogens with zero attached hydrogens (tertiary/aromatic N) is 1. The van der Waals surface area contributed by atoms with Gasteiger partial charge < -0.3 is 15.8 Å². The lowest BCUT2D eigenvalue weighted by Crippen LogP contribution is -2.56. The third-order valence-electron chi connectivity index (χ3n) is 4.45. The van der Waals surface area contributed by atoms with Gasteiger partial charge in [0.05, 0.1) is 0 Å². The first kappa shape index (κ1) is 22.4. The van der Waals surface area contributed by atoms with Crippen LogP contribution in [0.25, 0.3) is 0 Å². The van der Waals surface area contributed by atoms with Crippen molar-refractivity contribution in [1.82, 2.24) is 10.2 Å². The normalized spacial score (nSPS) is 18.3. The Morgan fingerprint density at radius 2 is 1.89 bits per heavy atom. The molecule has 3 N–H and O–H groups in total. The molecule has 1 fully saturated rings. The van der Waals surface area contributed by atoms with E-state index in [0.717, 1.165) is 22.0 Å². The standard InChI is InChI=1S/C20H28IN3O4/c1-20(2,3)28-19(27)24-11-5-4-6-16(24)18(26)23-15(17(22)25)12-13-7-9-14(21)10-8-13/h7-10,15-16H,4-6,11-12H2,1-3H3,(H2,22,25)(H,23,26)/t15-,16?/m0/s1. The predicted molar refractivity (Wildman–Crippen MR) is 115 cm³/mol. The van der Waals surface area contributed by atoms with Crippen molar-refractivity contribution in [2.45, 2.75) is 64.1 Å². The van der Waals surface area contributed by atoms with Crippen molar-refractivity contribution in [3.63, 3.8) is 0 Å². The molecule has 0 aliphatic carbocycles. The lowest BCUT2D eigenvalue weighted by Gasteiger charge is -2.36. The highest BCUT2D eigenvalue weighted by Gasteiger charge is 2.36. The number of benzene rings is 1. The number of piperidine rings is 1. The number of carbonyl (C=O) groups is 3. The average Bonchev–Trinajstić information content (AvgIpc) is 2.61. The molecule has 0 radical (unpaired) electrons. The Balaban J connectivity index is 2.08. The number of primary amides is 1. The molecule has 3 amide bonds. The van der Waals surface area contributed by atoms with Crippen LogP contribution < -0.4 is 11.1 Å². The monoisotopic (exact) mass is 501 g/mol. The van der Waals surface area contributed by atoms with Gasteiger partial charge in [0.15, 0.2) is 0 Å². The first-order chi connectivity index (χ1) is 13.1. The predicted octanol–water partition coefficient (Wildman–Crippen LogP) is 2.59. The highest BCUT2D eigenvalue weighted by Crippen LogP contribution is 2.21. The van der Waals surface area contributed by atoms with Crippen LogP contribution in [-0.2, 0) is 20.7 Å². The molecular formula is C20H28IN3O4. The van der Waals surface area contributed by atoms with Gasteiger partial charge in [-0.2, -0.15) is 0 Å². The summed E-state index contributed by atoms with van der Waals surface area (Å²) in [5.74, 6) is -0.980. The van der Waals surface area contributed by atoms with Gasteiger partial charge >= 0.3 is 6.09 Å². The minimum absolute atomic E-state index is 0.303. The van der Waals surface area contributed by atoms with Crippen LogP contribution >= 0.6 is 22.6 Å². The summed E-state index contributed by atoms with van der Waals surface area (Å²) in [5, 5.41) is 2.73. The van der Waals surface area contributed by atoms with Crippen LogP contribution in [0.1, 0.15) is 45.6 Å². The zero-order valence-corrected chi connectivity index (χ0v) is 18.7. The number of carbonyl (C=O) groups excluding carboxylic acids is 3. The summed E-state index contributed by atoms with van der Waals surface area (Å²) in [6.07, 6.45) is 1.96. The summed E-state index contributed by atoms with van der Waals surface area (Å²) in [4.78, 5) is 38.7. The van der Waals surface area contributed by atoms with E-state index in [1.165, 1.54) is 4.90 Å². The van der Waals surface area contributed by atoms with Gasteiger partial charge in [-0.05, 0) is 80.3 Å². The molecule has 0 bridgehead atoms. The van der Waals surface area contributed by atoms with E-state index in [9.17, 15) is 14.4 Å². The van der Waals surface area contributed by atoms with Gasteiger partial charge in [0, 0.05) is 16.5 Å². The van der Waals surface area contributed by atoms with Crippen molar-refractivity contribution < 1.29 is 19.1 Å². The SMILES string of the molecule is CC(C)(C)OC(=O)N1CCCCC1C(=O)N[C@@H](Cc1ccc(I)cc1)C(N)=O. The lowest BCUT2D eigenvalue weighted by atomic mass is 10.0. The summed E-state index contributed by atoms with van der Waals surface area (Å²) >= 11 is 2.20. The van der Waals surface area contributed by atoms with Crippen LogP contribution in [-0.4, -0.2) is 47.0 Å². The first-order valence-corrected chi connectivity index (χ1v) is 10.5. The molecule has 28 heavy (non-hydrogen) atoms. The molecule has 8 heteroatoms. The molecule has 1 aromatic rings. The Kier molecular flexibility index (Phi) is 7.68. The van der Waals surface area contributed by atoms with Gasteiger partial charge in [-0.3, -0.25) is 14.5 Å². The van der Waals surface area contributed by atoms with E-state index in [-0.39, 0.29) is 5.91 Å². The first-order valence-electron chi connectivity index (χ1n) is 9.40. The fraction of sp³-hybridized carbons (Fsp3) is 0.550. The van der Waals surface area contributed by atoms with Crippen LogP contribution in [0.3, 0.4) is 0 Å². The molecule has 0 saturated carbocycles. The quantitative estimate of drug-likeness (QED) is 0.606. The van der Waals surface area contributed by atoms with E-state index in [0.29, 0.717) is 19.4 Å². The maximum Gasteiger partial charge on any atom is 0.410 e. The van der Waals surface area contributed by atoms with E-state index in [1.807, 2.05) is 24.3 Å². The van der Waals surface area contributed by atoms with Crippen molar-refractivity contribution in [2.24, 2.45) is 5.73 Å². The Morgan fingerprint density at radius 1 is 1.25 bits per heavy atom. The second kappa shape index (κ2) is 9.58. The summed E-state index contributed by atoms with van der Waals surface area (Å²) in [5.41, 5.74) is 5.77. The van der Waals surface area contributed by atoms with Gasteiger partial charge in [-0.25, -0.2) is 4.79 Å². The number of halogens is 1. The summed E-state index contributed by atoms with van der Waals surface area (Å²) in [6.45, 7) is 5.81. The molecule has 1 aliphatic heterocycles. The van der Waals surface area contributed by atoms with E-state index in [4.69, 9.17) is 10.5 Å². The second-order valence-electron chi connectivity index (χ2n) is 7.98. The van der Waals surface area contributed by atoms with Crippen LogP contribution in [0.15, 0.2) is 24.3 Å². The van der Waals surface area contributed by atoms with Crippen molar-refractivity contribution in [3.05, 3.63) is 33.4 Å². The fourth-order valence-electron chi connectivity index (χ4n) is 3.09. The molecule has 1 aliphatic rings. The van der Waals surface area contributed by atoms with Crippen molar-refractivity contribution in [2.75, 3.05) is 6.54 Å². The number of ether oxygens (including phenoxy) is 1. The third-order valence-corrected chi connectivity index (χ3v) is 5.17. The lowest BCUT2D eigenvalue weighted by molar-refractivity contribution is -0.131. The Morgan fingerprint density at radius 3 is 2.46 bits per heavy atom. The van der Waals surface area contributed by atoms with Crippen molar-refractivity contribution in [1.29, 1.82) is 0 Å². The second-order valence-corrected chi connectivity index (χ2v) is 9.23. The van der Waals surface area contributed by atoms with Crippen LogP contribution in [0.2, 0.25) is 0 Å². The van der Waals surface area contributed by atoms with Gasteiger partial charge in [-0.1, -0.05) is 12.1 Å². The third kappa shape index (κ3) is 6.65. The van der Waals surface area contributed by atoms with Crippen molar-refractivity contribution >= 4 is 40.5 Å². The van der Waals surface area contributed by atoms with Crippen molar-refractivity contribution in [3.8, 4) is 0 Å². The zero-order valence-electron chi connectivity index (χ0n) is 16.5. The van der Waals surface area contributed by atoms with E-state index < -0.39 is 29.7 Å². The van der Waals surface area contributed by atoms with E-state index >= 15 is 0 Å². The topological polar surface area (TPSA) is 102 Å². The summed E-state index contributed by atoms with van der Waals surface area (Å²) < 4.78 is 6.51. The van der Waals surface area contributed by atoms with E-state index in [2.05, 4.69) is 27.9 Å². The number of hydrogen-bond donors (Lipinski definition) is 2. The van der Waals surface area contributed by atoms with Gasteiger partial charge in [0.25, 0.3) is 0 Å². The molecule has 1 aromatic carbocycles. The fourth-order valence-corrected chi connectivity index (χ4v) is 3.45. The number of amides is 3. The average molecular weight is 501 g/mol. The Hall–Kier alpha value is -1.84. The largest absolute Gasteiger partial charge is 0.444 e. The van der Waals surface area contributed by atoms with Crippen LogP contribution in [0.4, 0.5) is 4.79 Å². The molecule has 1 heterocycles. The minimum Gasteiger partial charge on any atom is -0.444 e. The van der Waals surface area contributed by atoms with Crippen LogP contribution in [0.5, 0.6) is 0 Å². The number of likely N-dealkylation sites (tertiary alicyclic amines) is 1. The van der Waals surface area contributed by atoms with Gasteiger partial charge in [0.1, 0.15) is 17.7 Å². The molecule has 0 aromatic heterocycles. The minimum atomic E-state index is -0.838. The maximum atomic E-state index is 12.9. The maximum absolute atomic E-state index is 12.9. The highest BCUT2D eigenvalue weighted by atomic mass is 127. The molecule has 2 atom stereocenters. The Labute approximate surface area is 179 Å². The molecule has 1 saturated heterocycles. The molecular weight excluding hydrogens is 473 g/mol. The molecule has 154 valence electrons. The Bertz CT molecular complexity index is 715. The highest BCUT2D eigenvalue weighted by molar-refractivity contribution is 14.1. The van der Waals surface area contributed by atoms with Gasteiger partial charge in [-0.15, -0.1) is 0 Å². The number of hydrogen-bond acceptors (Lipinski definition) is 4. The zero-order chi connectivity index (χ0) is 20.9. The molecule has 0 spiro atoms. The molecule has 7 nitrogen and oxygen atoms in total. The van der Waals surface area contributed by atoms with Gasteiger partial charge in [0.2, 0.25) is 11.8 Å². The molecule has 2 rings (SSSR count). The number of nitrogens with two attached hydrogens (primary N) is 1. The number of nitrogens with one attached hydrogen (secondary N) is 1. The smallest absolute Gasteiger partial charge is 0.410 e.